The Balaban J connectivity index is 2.54. The van der Waals surface area contributed by atoms with Gasteiger partial charge in [0.2, 0.25) is 0 Å². The highest BCUT2D eigenvalue weighted by Gasteiger charge is 2.00. The van der Waals surface area contributed by atoms with E-state index in [4.69, 9.17) is 23.8 Å². The average Bonchev–Trinajstić information content (AvgIpc) is 2.17. The van der Waals surface area contributed by atoms with Crippen molar-refractivity contribution < 1.29 is 0 Å². The van der Waals surface area contributed by atoms with Crippen molar-refractivity contribution in [3.05, 3.63) is 45.7 Å². The minimum Gasteiger partial charge on any atom is -0.343 e. The third-order valence-electron chi connectivity index (χ3n) is 2.00. The molecule has 1 aromatic heterocycles. The molecule has 1 heterocycles. The molecule has 2 aromatic rings. The van der Waals surface area contributed by atoms with Gasteiger partial charge in [-0.1, -0.05) is 23.8 Å². The van der Waals surface area contributed by atoms with Crippen LogP contribution >= 0.6 is 23.8 Å². The minimum absolute atomic E-state index is 0.594. The van der Waals surface area contributed by atoms with Gasteiger partial charge in [0.25, 0.3) is 0 Å². The summed E-state index contributed by atoms with van der Waals surface area (Å²) >= 11 is 10.9. The van der Waals surface area contributed by atoms with Gasteiger partial charge >= 0.3 is 0 Å². The van der Waals surface area contributed by atoms with E-state index >= 15 is 0 Å². The second-order valence-electron chi connectivity index (χ2n) is 3.26. The molecule has 0 unspecified atom stereocenters. The van der Waals surface area contributed by atoms with Crippen LogP contribution in [0.15, 0.2) is 30.3 Å². The van der Waals surface area contributed by atoms with E-state index < -0.39 is 0 Å². The Labute approximate surface area is 98.0 Å². The van der Waals surface area contributed by atoms with E-state index in [-0.39, 0.29) is 0 Å². The predicted molar refractivity (Wildman–Crippen MR) is 64.6 cm³/mol. The first kappa shape index (κ1) is 10.3. The molecule has 0 atom stereocenters. The van der Waals surface area contributed by atoms with E-state index in [1.807, 2.05) is 37.3 Å². The minimum atomic E-state index is 0.594. The Morgan fingerprint density at radius 2 is 1.93 bits per heavy atom. The van der Waals surface area contributed by atoms with Crippen molar-refractivity contribution in [3.8, 4) is 11.4 Å². The lowest BCUT2D eigenvalue weighted by Gasteiger charge is -2.02. The Hall–Kier alpha value is -1.19. The molecule has 2 nitrogen and oxygen atoms in total. The molecule has 0 amide bonds. The average molecular weight is 237 g/mol. The summed E-state index contributed by atoms with van der Waals surface area (Å²) in [6.45, 7) is 1.96. The third kappa shape index (κ3) is 2.43. The number of aromatic amines is 1. The van der Waals surface area contributed by atoms with E-state index in [2.05, 4.69) is 9.97 Å². The highest BCUT2D eigenvalue weighted by molar-refractivity contribution is 7.71. The van der Waals surface area contributed by atoms with Crippen molar-refractivity contribution in [2.24, 2.45) is 0 Å². The van der Waals surface area contributed by atoms with Gasteiger partial charge in [-0.3, -0.25) is 0 Å². The topological polar surface area (TPSA) is 28.7 Å². The van der Waals surface area contributed by atoms with Gasteiger partial charge < -0.3 is 4.98 Å². The lowest BCUT2D eigenvalue weighted by atomic mass is 10.2. The molecule has 0 aliphatic heterocycles. The third-order valence-corrected chi connectivity index (χ3v) is 2.46. The monoisotopic (exact) mass is 236 g/mol. The Bertz CT molecular complexity index is 531. The summed E-state index contributed by atoms with van der Waals surface area (Å²) in [5, 5.41) is 0.713. The highest BCUT2D eigenvalue weighted by Crippen LogP contribution is 2.17. The summed E-state index contributed by atoms with van der Waals surface area (Å²) in [5.74, 6) is 0.775. The molecule has 0 aliphatic rings. The zero-order valence-corrected chi connectivity index (χ0v) is 9.69. The molecule has 4 heteroatoms. The number of H-pyrrole nitrogens is 1. The maximum Gasteiger partial charge on any atom is 0.139 e. The SMILES string of the molecule is Cc1cc(=S)nc(-c2ccc(Cl)cc2)[nH]1. The fourth-order valence-electron chi connectivity index (χ4n) is 1.32. The fourth-order valence-corrected chi connectivity index (χ4v) is 1.72. The van der Waals surface area contributed by atoms with Crippen LogP contribution in [0.4, 0.5) is 0 Å². The van der Waals surface area contributed by atoms with Crippen molar-refractivity contribution in [2.45, 2.75) is 6.92 Å². The van der Waals surface area contributed by atoms with Crippen LogP contribution in [-0.4, -0.2) is 9.97 Å². The lowest BCUT2D eigenvalue weighted by molar-refractivity contribution is 1.10. The molecule has 2 rings (SSSR count). The zero-order valence-electron chi connectivity index (χ0n) is 8.12. The fraction of sp³-hybridized carbons (Fsp3) is 0.0909. The van der Waals surface area contributed by atoms with Crippen molar-refractivity contribution in [2.75, 3.05) is 0 Å². The van der Waals surface area contributed by atoms with Crippen molar-refractivity contribution in [1.82, 2.24) is 9.97 Å². The van der Waals surface area contributed by atoms with Gasteiger partial charge in [-0.05, 0) is 37.3 Å². The number of aromatic nitrogens is 2. The largest absolute Gasteiger partial charge is 0.343 e. The summed E-state index contributed by atoms with van der Waals surface area (Å²) in [6, 6.07) is 9.31. The molecule has 0 saturated carbocycles. The first-order valence-corrected chi connectivity index (χ1v) is 5.28. The quantitative estimate of drug-likeness (QED) is 0.764. The van der Waals surface area contributed by atoms with Crippen molar-refractivity contribution in [3.63, 3.8) is 0 Å². The molecule has 1 N–H and O–H groups in total. The summed E-state index contributed by atoms with van der Waals surface area (Å²) in [6.07, 6.45) is 0. The zero-order chi connectivity index (χ0) is 10.8. The summed E-state index contributed by atoms with van der Waals surface area (Å²) in [5.41, 5.74) is 1.98. The lowest BCUT2D eigenvalue weighted by Crippen LogP contribution is -1.91. The first-order chi connectivity index (χ1) is 7.15. The van der Waals surface area contributed by atoms with Gasteiger partial charge in [-0.25, -0.2) is 4.98 Å². The highest BCUT2D eigenvalue weighted by atomic mass is 35.5. The molecule has 1 aromatic carbocycles. The predicted octanol–water partition coefficient (Wildman–Crippen LogP) is 3.77. The van der Waals surface area contributed by atoms with Crippen molar-refractivity contribution >= 4 is 23.8 Å². The Morgan fingerprint density at radius 3 is 2.53 bits per heavy atom. The van der Waals surface area contributed by atoms with Crippen LogP contribution in [0.25, 0.3) is 11.4 Å². The second-order valence-corrected chi connectivity index (χ2v) is 4.11. The van der Waals surface area contributed by atoms with Gasteiger partial charge in [-0.2, -0.15) is 0 Å². The molecule has 0 spiro atoms. The van der Waals surface area contributed by atoms with Gasteiger partial charge in [0.15, 0.2) is 0 Å². The molecule has 0 saturated heterocycles. The number of halogens is 1. The molecule has 76 valence electrons. The number of aryl methyl sites for hydroxylation is 1. The van der Waals surface area contributed by atoms with Crippen LogP contribution < -0.4 is 0 Å². The second kappa shape index (κ2) is 4.13. The molecule has 0 fully saturated rings. The Morgan fingerprint density at radius 1 is 1.27 bits per heavy atom. The van der Waals surface area contributed by atoms with Gasteiger partial charge in [0.05, 0.1) is 0 Å². The number of hydrogen-bond acceptors (Lipinski definition) is 2. The van der Waals surface area contributed by atoms with Crippen LogP contribution in [0.3, 0.4) is 0 Å². The first-order valence-electron chi connectivity index (χ1n) is 4.49. The molecular formula is C11H9ClN2S. The van der Waals surface area contributed by atoms with E-state index in [0.29, 0.717) is 9.66 Å². The van der Waals surface area contributed by atoms with Gasteiger partial charge in [-0.15, -0.1) is 0 Å². The van der Waals surface area contributed by atoms with Crippen LogP contribution in [0.1, 0.15) is 5.69 Å². The van der Waals surface area contributed by atoms with Crippen LogP contribution in [0, 0.1) is 11.6 Å². The van der Waals surface area contributed by atoms with Gasteiger partial charge in [0.1, 0.15) is 10.5 Å². The summed E-state index contributed by atoms with van der Waals surface area (Å²) in [7, 11) is 0. The van der Waals surface area contributed by atoms with Crippen LogP contribution in [0.2, 0.25) is 5.02 Å². The normalized spacial score (nSPS) is 10.3. The number of hydrogen-bond donors (Lipinski definition) is 1. The summed E-state index contributed by atoms with van der Waals surface area (Å²) < 4.78 is 0.594. The van der Waals surface area contributed by atoms with Crippen LogP contribution in [-0.2, 0) is 0 Å². The van der Waals surface area contributed by atoms with Gasteiger partial charge in [0, 0.05) is 16.3 Å². The maximum absolute atomic E-state index is 5.81. The number of rotatable bonds is 1. The molecule has 15 heavy (non-hydrogen) atoms. The smallest absolute Gasteiger partial charge is 0.139 e. The standard InChI is InChI=1S/C11H9ClN2S/c1-7-6-10(15)14-11(13-7)8-2-4-9(12)5-3-8/h2-6H,1H3,(H,13,14,15). The summed E-state index contributed by atoms with van der Waals surface area (Å²) in [4.78, 5) is 7.41. The molecular weight excluding hydrogens is 228 g/mol. The molecule has 0 bridgehead atoms. The van der Waals surface area contributed by atoms with Crippen molar-refractivity contribution in [1.29, 1.82) is 0 Å². The number of benzene rings is 1. The number of nitrogens with one attached hydrogen (secondary N) is 1. The van der Waals surface area contributed by atoms with E-state index in [1.54, 1.807) is 0 Å². The molecule has 0 radical (unpaired) electrons. The van der Waals surface area contributed by atoms with E-state index in [1.165, 1.54) is 0 Å². The van der Waals surface area contributed by atoms with E-state index in [9.17, 15) is 0 Å². The molecule has 0 aliphatic carbocycles. The number of nitrogens with zero attached hydrogens (tertiary/aromatic N) is 1. The van der Waals surface area contributed by atoms with E-state index in [0.717, 1.165) is 17.1 Å². The Kier molecular flexibility index (Phi) is 2.84. The van der Waals surface area contributed by atoms with Crippen LogP contribution in [0.5, 0.6) is 0 Å². The maximum atomic E-state index is 5.81.